The number of rotatable bonds is 3. The normalized spacial score (nSPS) is 25.6. The third-order valence-electron chi connectivity index (χ3n) is 1.96. The van der Waals surface area contributed by atoms with Crippen molar-refractivity contribution in [3.63, 3.8) is 0 Å². The van der Waals surface area contributed by atoms with Gasteiger partial charge in [-0.2, -0.15) is 0 Å². The molecule has 0 radical (unpaired) electrons. The molecule has 12 heavy (non-hydrogen) atoms. The average molecular weight is 213 g/mol. The summed E-state index contributed by atoms with van der Waals surface area (Å²) in [7, 11) is 1.74. The highest BCUT2D eigenvalue weighted by molar-refractivity contribution is 8.13. The Morgan fingerprint density at radius 3 is 2.67 bits per heavy atom. The van der Waals surface area contributed by atoms with Crippen molar-refractivity contribution in [1.82, 2.24) is 0 Å². The molecule has 1 aliphatic rings. The molecule has 0 aromatic rings. The zero-order valence-corrected chi connectivity index (χ0v) is 8.40. The maximum atomic E-state index is 10.6. The van der Waals surface area contributed by atoms with Crippen LogP contribution in [0.2, 0.25) is 0 Å². The van der Waals surface area contributed by atoms with Gasteiger partial charge in [-0.1, -0.05) is 0 Å². The van der Waals surface area contributed by atoms with E-state index >= 15 is 0 Å². The predicted molar refractivity (Wildman–Crippen MR) is 47.8 cm³/mol. The predicted octanol–water partition coefficient (Wildman–Crippen LogP) is 1.51. The van der Waals surface area contributed by atoms with Crippen LogP contribution in [0.4, 0.5) is 0 Å². The molecule has 5 heteroatoms. The van der Waals surface area contributed by atoms with E-state index in [-0.39, 0.29) is 11.9 Å². The van der Waals surface area contributed by atoms with Crippen molar-refractivity contribution in [2.45, 2.75) is 31.8 Å². The van der Waals surface area contributed by atoms with Gasteiger partial charge in [-0.05, 0) is 25.7 Å². The van der Waals surface area contributed by atoms with Crippen LogP contribution in [0.25, 0.3) is 0 Å². The number of hydrogen-bond acceptors (Lipinski definition) is 3. The second-order valence-corrected chi connectivity index (χ2v) is 5.92. The first-order chi connectivity index (χ1) is 5.58. The molecule has 0 unspecified atom stereocenters. The zero-order valence-electron chi connectivity index (χ0n) is 6.83. The summed E-state index contributed by atoms with van der Waals surface area (Å²) in [4.78, 5) is 0. The minimum Gasteiger partial charge on any atom is -0.378 e. The van der Waals surface area contributed by atoms with E-state index in [0.29, 0.717) is 6.42 Å². The fourth-order valence-electron chi connectivity index (χ4n) is 1.31. The highest BCUT2D eigenvalue weighted by atomic mass is 35.7. The van der Waals surface area contributed by atoms with E-state index < -0.39 is 9.05 Å². The molecular weight excluding hydrogens is 200 g/mol. The van der Waals surface area contributed by atoms with E-state index in [1.807, 2.05) is 0 Å². The smallest absolute Gasteiger partial charge is 0.232 e. The van der Waals surface area contributed by atoms with Crippen LogP contribution in [0.1, 0.15) is 25.7 Å². The van der Waals surface area contributed by atoms with Crippen LogP contribution in [0.3, 0.4) is 0 Å². The minimum absolute atomic E-state index is 0.0270. The van der Waals surface area contributed by atoms with Gasteiger partial charge in [-0.25, -0.2) is 8.42 Å². The van der Waals surface area contributed by atoms with Crippen molar-refractivity contribution in [3.05, 3.63) is 0 Å². The van der Waals surface area contributed by atoms with Crippen molar-refractivity contribution in [3.8, 4) is 0 Å². The van der Waals surface area contributed by atoms with E-state index in [4.69, 9.17) is 15.4 Å². The fourth-order valence-corrected chi connectivity index (χ4v) is 2.12. The summed E-state index contributed by atoms with van der Waals surface area (Å²) >= 11 is 0. The first kappa shape index (κ1) is 10.3. The summed E-state index contributed by atoms with van der Waals surface area (Å²) in [5.74, 6) is 0.0270. The van der Waals surface area contributed by atoms with Crippen LogP contribution in [0.15, 0.2) is 0 Å². The molecule has 1 heterocycles. The largest absolute Gasteiger partial charge is 0.378 e. The van der Waals surface area contributed by atoms with E-state index in [1.54, 1.807) is 0 Å². The van der Waals surface area contributed by atoms with Gasteiger partial charge in [0.15, 0.2) is 0 Å². The highest BCUT2D eigenvalue weighted by Crippen LogP contribution is 2.16. The molecule has 1 fully saturated rings. The Balaban J connectivity index is 2.22. The first-order valence-corrected chi connectivity index (χ1v) is 6.60. The van der Waals surface area contributed by atoms with E-state index in [1.165, 1.54) is 0 Å². The highest BCUT2D eigenvalue weighted by Gasteiger charge is 2.16. The van der Waals surface area contributed by atoms with Gasteiger partial charge >= 0.3 is 0 Å². The van der Waals surface area contributed by atoms with Gasteiger partial charge in [0.1, 0.15) is 0 Å². The summed E-state index contributed by atoms with van der Waals surface area (Å²) in [6, 6.07) is 0. The SMILES string of the molecule is O=S(=O)(Cl)CC[C@H]1CCCCO1. The van der Waals surface area contributed by atoms with Gasteiger partial charge in [0.2, 0.25) is 9.05 Å². The van der Waals surface area contributed by atoms with Gasteiger partial charge in [0.25, 0.3) is 0 Å². The Labute approximate surface area is 77.5 Å². The van der Waals surface area contributed by atoms with Crippen LogP contribution in [0, 0.1) is 0 Å². The molecule has 0 saturated carbocycles. The van der Waals surface area contributed by atoms with Gasteiger partial charge in [-0.15, -0.1) is 0 Å². The van der Waals surface area contributed by atoms with Crippen molar-refractivity contribution >= 4 is 19.7 Å². The third-order valence-corrected chi connectivity index (χ3v) is 3.14. The summed E-state index contributed by atoms with van der Waals surface area (Å²) in [5.41, 5.74) is 0. The lowest BCUT2D eigenvalue weighted by molar-refractivity contribution is 0.0148. The van der Waals surface area contributed by atoms with Crippen molar-refractivity contribution in [1.29, 1.82) is 0 Å². The van der Waals surface area contributed by atoms with Gasteiger partial charge < -0.3 is 4.74 Å². The van der Waals surface area contributed by atoms with Crippen LogP contribution >= 0.6 is 10.7 Å². The number of hydrogen-bond donors (Lipinski definition) is 0. The average Bonchev–Trinajstić information content (AvgIpc) is 2.02. The van der Waals surface area contributed by atoms with E-state index in [0.717, 1.165) is 25.9 Å². The van der Waals surface area contributed by atoms with Crippen LogP contribution < -0.4 is 0 Å². The second kappa shape index (κ2) is 4.44. The lowest BCUT2D eigenvalue weighted by Crippen LogP contribution is -2.21. The van der Waals surface area contributed by atoms with E-state index in [9.17, 15) is 8.42 Å². The Morgan fingerprint density at radius 1 is 1.42 bits per heavy atom. The number of ether oxygens (including phenoxy) is 1. The maximum Gasteiger partial charge on any atom is 0.232 e. The molecule has 0 aliphatic carbocycles. The van der Waals surface area contributed by atoms with Crippen LogP contribution in [-0.4, -0.2) is 26.9 Å². The standard InChI is InChI=1S/C7H13ClO3S/c8-12(9,10)6-4-7-3-1-2-5-11-7/h7H,1-6H2/t7-/m1/s1. The topological polar surface area (TPSA) is 43.4 Å². The summed E-state index contributed by atoms with van der Waals surface area (Å²) < 4.78 is 26.5. The summed E-state index contributed by atoms with van der Waals surface area (Å²) in [6.07, 6.45) is 3.82. The molecule has 1 rings (SSSR count). The molecule has 0 N–H and O–H groups in total. The zero-order chi connectivity index (χ0) is 9.03. The molecule has 0 amide bonds. The van der Waals surface area contributed by atoms with Gasteiger partial charge in [0, 0.05) is 17.3 Å². The minimum atomic E-state index is -3.33. The van der Waals surface area contributed by atoms with Crippen molar-refractivity contribution in [2.75, 3.05) is 12.4 Å². The van der Waals surface area contributed by atoms with Crippen molar-refractivity contribution < 1.29 is 13.2 Å². The summed E-state index contributed by atoms with van der Waals surface area (Å²) in [6.45, 7) is 0.757. The van der Waals surface area contributed by atoms with Gasteiger partial charge in [-0.3, -0.25) is 0 Å². The molecule has 0 bridgehead atoms. The lowest BCUT2D eigenvalue weighted by Gasteiger charge is -2.21. The quantitative estimate of drug-likeness (QED) is 0.667. The summed E-state index contributed by atoms with van der Waals surface area (Å²) in [5, 5.41) is 0. The lowest BCUT2D eigenvalue weighted by atomic mass is 10.1. The number of halogens is 1. The van der Waals surface area contributed by atoms with Gasteiger partial charge in [0.05, 0.1) is 11.9 Å². The van der Waals surface area contributed by atoms with Crippen LogP contribution in [0.5, 0.6) is 0 Å². The fraction of sp³-hybridized carbons (Fsp3) is 1.00. The molecular formula is C7H13ClO3S. The Kier molecular flexibility index (Phi) is 3.80. The first-order valence-electron chi connectivity index (χ1n) is 4.12. The molecule has 1 aliphatic heterocycles. The molecule has 1 atom stereocenters. The Bertz CT molecular complexity index is 219. The Morgan fingerprint density at radius 2 is 2.17 bits per heavy atom. The molecule has 1 saturated heterocycles. The maximum absolute atomic E-state index is 10.6. The molecule has 3 nitrogen and oxygen atoms in total. The van der Waals surface area contributed by atoms with Crippen molar-refractivity contribution in [2.24, 2.45) is 0 Å². The molecule has 0 spiro atoms. The Hall–Kier alpha value is 0.200. The second-order valence-electron chi connectivity index (χ2n) is 3.02. The molecule has 0 aromatic heterocycles. The van der Waals surface area contributed by atoms with E-state index in [2.05, 4.69) is 0 Å². The molecule has 72 valence electrons. The third kappa shape index (κ3) is 4.28. The molecule has 0 aromatic carbocycles. The van der Waals surface area contributed by atoms with Crippen LogP contribution in [-0.2, 0) is 13.8 Å². The monoisotopic (exact) mass is 212 g/mol.